The number of rotatable bonds is 11. The number of tetrazole rings is 1. The Labute approximate surface area is 213 Å². The van der Waals surface area contributed by atoms with E-state index >= 15 is 0 Å². The van der Waals surface area contributed by atoms with Crippen molar-refractivity contribution in [2.24, 2.45) is 0 Å². The van der Waals surface area contributed by atoms with Gasteiger partial charge in [-0.2, -0.15) is 4.80 Å². The zero-order valence-electron chi connectivity index (χ0n) is 20.9. The third-order valence-corrected chi connectivity index (χ3v) is 5.37. The number of hydrogen-bond acceptors (Lipinski definition) is 7. The molecular weight excluding hydrogens is 482 g/mol. The third-order valence-electron chi connectivity index (χ3n) is 5.37. The summed E-state index contributed by atoms with van der Waals surface area (Å²) in [4.78, 5) is 13.1. The smallest absolute Gasteiger partial charge is 0.308 e. The molecule has 3 aromatic rings. The van der Waals surface area contributed by atoms with E-state index in [0.717, 1.165) is 0 Å². The van der Waals surface area contributed by atoms with Crippen LogP contribution in [0.3, 0.4) is 0 Å². The van der Waals surface area contributed by atoms with Crippen LogP contribution < -0.4 is 0 Å². The molecule has 2 aromatic carbocycles. The molecule has 0 amide bonds. The average molecular weight is 513 g/mol. The van der Waals surface area contributed by atoms with Gasteiger partial charge in [0.15, 0.2) is 0 Å². The lowest BCUT2D eigenvalue weighted by molar-refractivity contribution is -0.145. The zero-order chi connectivity index (χ0) is 26.9. The molecule has 10 heteroatoms. The molecule has 2 atom stereocenters. The van der Waals surface area contributed by atoms with Crippen LogP contribution >= 0.6 is 0 Å². The Bertz CT molecular complexity index is 1190. The first-order valence-electron chi connectivity index (χ1n) is 11.9. The van der Waals surface area contributed by atoms with Crippen molar-refractivity contribution in [3.05, 3.63) is 89.3 Å². The Kier molecular flexibility index (Phi) is 9.76. The molecule has 37 heavy (non-hydrogen) atoms. The summed E-state index contributed by atoms with van der Waals surface area (Å²) in [5.41, 5.74) is 2.19. The number of aromatic nitrogens is 4. The van der Waals surface area contributed by atoms with Crippen molar-refractivity contribution >= 4 is 17.1 Å². The van der Waals surface area contributed by atoms with Crippen molar-refractivity contribution < 1.29 is 28.5 Å². The summed E-state index contributed by atoms with van der Waals surface area (Å²) in [6.45, 7) is 5.64. The van der Waals surface area contributed by atoms with Crippen LogP contribution in [-0.4, -0.2) is 55.2 Å². The molecular formula is C27H30F2N4O4. The Hall–Kier alpha value is -3.76. The molecule has 1 aromatic heterocycles. The predicted molar refractivity (Wildman–Crippen MR) is 134 cm³/mol. The maximum absolute atomic E-state index is 13.7. The Morgan fingerprint density at radius 3 is 2.08 bits per heavy atom. The van der Waals surface area contributed by atoms with Gasteiger partial charge >= 0.3 is 5.97 Å². The van der Waals surface area contributed by atoms with Crippen LogP contribution in [0.2, 0.25) is 0 Å². The van der Waals surface area contributed by atoms with Gasteiger partial charge < -0.3 is 14.9 Å². The number of carbonyl (C=O) groups excluding carboxylic acids is 1. The summed E-state index contributed by atoms with van der Waals surface area (Å²) in [6, 6.07) is 11.5. The number of carbonyl (C=O) groups is 1. The van der Waals surface area contributed by atoms with E-state index in [0.29, 0.717) is 22.3 Å². The second-order valence-electron chi connectivity index (χ2n) is 8.65. The number of esters is 1. The lowest BCUT2D eigenvalue weighted by Gasteiger charge is -2.14. The second-order valence-corrected chi connectivity index (χ2v) is 8.65. The third kappa shape index (κ3) is 7.86. The minimum absolute atomic E-state index is 0.0739. The molecule has 0 spiro atoms. The molecule has 0 aliphatic heterocycles. The number of allylic oxidation sites excluding steroid dienone is 2. The molecule has 196 valence electrons. The Balaban J connectivity index is 2.08. The number of benzene rings is 2. The summed E-state index contributed by atoms with van der Waals surface area (Å²) < 4.78 is 32.3. The van der Waals surface area contributed by atoms with Crippen LogP contribution in [-0.2, 0) is 9.53 Å². The number of halogens is 2. The minimum Gasteiger partial charge on any atom is -0.466 e. The van der Waals surface area contributed by atoms with Crippen LogP contribution in [0.4, 0.5) is 8.78 Å². The van der Waals surface area contributed by atoms with Gasteiger partial charge in [-0.1, -0.05) is 36.4 Å². The van der Waals surface area contributed by atoms with Gasteiger partial charge in [-0.15, -0.1) is 10.2 Å². The molecule has 2 unspecified atom stereocenters. The Morgan fingerprint density at radius 2 is 1.59 bits per heavy atom. The lowest BCUT2D eigenvalue weighted by Crippen LogP contribution is -2.20. The fourth-order valence-electron chi connectivity index (χ4n) is 3.59. The number of hydrogen-bond donors (Lipinski definition) is 2. The maximum atomic E-state index is 13.7. The molecule has 1 heterocycles. The standard InChI is InChI=1S/C27H30F2N4O4/c1-4-37-25(36)16-23(35)15-22(34)13-14-24(27-30-32-33(31-27)17(2)3)26(18-5-9-20(28)10-6-18)19-7-11-21(29)12-8-19/h5-14,17,22-23,34-35H,4,15-16H2,1-3H3/b14-13+. The summed E-state index contributed by atoms with van der Waals surface area (Å²) in [6.07, 6.45) is 0.416. The van der Waals surface area contributed by atoms with Crippen LogP contribution in [0.15, 0.2) is 60.7 Å². The van der Waals surface area contributed by atoms with E-state index in [1.807, 2.05) is 13.8 Å². The van der Waals surface area contributed by atoms with Gasteiger partial charge in [0.1, 0.15) is 11.6 Å². The van der Waals surface area contributed by atoms with Gasteiger partial charge in [0, 0.05) is 17.6 Å². The fourth-order valence-corrected chi connectivity index (χ4v) is 3.59. The highest BCUT2D eigenvalue weighted by molar-refractivity contribution is 6.00. The highest BCUT2D eigenvalue weighted by atomic mass is 19.1. The Morgan fingerprint density at radius 1 is 1.03 bits per heavy atom. The van der Waals surface area contributed by atoms with Crippen molar-refractivity contribution in [1.82, 2.24) is 20.2 Å². The molecule has 0 radical (unpaired) electrons. The van der Waals surface area contributed by atoms with Gasteiger partial charge in [-0.3, -0.25) is 4.79 Å². The summed E-state index contributed by atoms with van der Waals surface area (Å²) in [5, 5.41) is 33.5. The monoisotopic (exact) mass is 512 g/mol. The number of ether oxygens (including phenoxy) is 1. The van der Waals surface area contributed by atoms with Crippen molar-refractivity contribution in [2.45, 2.75) is 51.9 Å². The van der Waals surface area contributed by atoms with Crippen LogP contribution in [0.1, 0.15) is 56.6 Å². The van der Waals surface area contributed by atoms with Gasteiger partial charge in [0.2, 0.25) is 5.82 Å². The van der Waals surface area contributed by atoms with E-state index in [9.17, 15) is 23.8 Å². The van der Waals surface area contributed by atoms with Gasteiger partial charge in [-0.05, 0) is 61.4 Å². The van der Waals surface area contributed by atoms with Crippen LogP contribution in [0.5, 0.6) is 0 Å². The van der Waals surface area contributed by atoms with E-state index in [-0.39, 0.29) is 31.3 Å². The molecule has 0 aliphatic rings. The van der Waals surface area contributed by atoms with Gasteiger partial charge in [0.25, 0.3) is 0 Å². The van der Waals surface area contributed by atoms with Gasteiger partial charge in [0.05, 0.1) is 31.3 Å². The maximum Gasteiger partial charge on any atom is 0.308 e. The van der Waals surface area contributed by atoms with Gasteiger partial charge in [-0.25, -0.2) is 8.78 Å². The fraction of sp³-hybridized carbons (Fsp3) is 0.333. The largest absolute Gasteiger partial charge is 0.466 e. The van der Waals surface area contributed by atoms with E-state index < -0.39 is 29.8 Å². The number of aliphatic hydroxyl groups is 2. The lowest BCUT2D eigenvalue weighted by atomic mass is 9.92. The molecule has 0 bridgehead atoms. The quantitative estimate of drug-likeness (QED) is 0.294. The first kappa shape index (κ1) is 27.8. The van der Waals surface area contributed by atoms with Crippen molar-refractivity contribution in [2.75, 3.05) is 6.61 Å². The summed E-state index contributed by atoms with van der Waals surface area (Å²) in [5.74, 6) is -1.17. The normalized spacial score (nSPS) is 13.1. The average Bonchev–Trinajstić information content (AvgIpc) is 3.34. The minimum atomic E-state index is -1.12. The zero-order valence-corrected chi connectivity index (χ0v) is 20.9. The van der Waals surface area contributed by atoms with Crippen LogP contribution in [0.25, 0.3) is 11.1 Å². The molecule has 3 rings (SSSR count). The van der Waals surface area contributed by atoms with E-state index in [1.165, 1.54) is 35.1 Å². The SMILES string of the molecule is CCOC(=O)CC(O)CC(O)/C=C/C(=C(c1ccc(F)cc1)c1ccc(F)cc1)c1nnn(C(C)C)n1. The molecule has 0 aliphatic carbocycles. The summed E-state index contributed by atoms with van der Waals surface area (Å²) in [7, 11) is 0. The van der Waals surface area contributed by atoms with Crippen molar-refractivity contribution in [3.8, 4) is 0 Å². The van der Waals surface area contributed by atoms with E-state index in [1.54, 1.807) is 37.3 Å². The topological polar surface area (TPSA) is 110 Å². The van der Waals surface area contributed by atoms with Crippen molar-refractivity contribution in [3.63, 3.8) is 0 Å². The first-order valence-corrected chi connectivity index (χ1v) is 11.9. The number of aliphatic hydroxyl groups excluding tert-OH is 2. The highest BCUT2D eigenvalue weighted by Gasteiger charge is 2.19. The molecule has 0 saturated carbocycles. The molecule has 0 fully saturated rings. The molecule has 2 N–H and O–H groups in total. The predicted octanol–water partition coefficient (Wildman–Crippen LogP) is 4.11. The van der Waals surface area contributed by atoms with E-state index in [2.05, 4.69) is 15.4 Å². The summed E-state index contributed by atoms with van der Waals surface area (Å²) >= 11 is 0. The van der Waals surface area contributed by atoms with Crippen LogP contribution in [0, 0.1) is 11.6 Å². The second kappa shape index (κ2) is 13.0. The highest BCUT2D eigenvalue weighted by Crippen LogP contribution is 2.32. The number of nitrogens with zero attached hydrogens (tertiary/aromatic N) is 4. The van der Waals surface area contributed by atoms with Crippen molar-refractivity contribution in [1.29, 1.82) is 0 Å². The molecule has 8 nitrogen and oxygen atoms in total. The first-order chi connectivity index (χ1) is 17.7. The van der Waals surface area contributed by atoms with E-state index in [4.69, 9.17) is 4.74 Å². The molecule has 0 saturated heterocycles.